The van der Waals surface area contributed by atoms with Crippen molar-refractivity contribution in [2.24, 2.45) is 0 Å². The third-order valence-electron chi connectivity index (χ3n) is 3.24. The number of hydrogen-bond acceptors (Lipinski definition) is 4. The number of hydrogen-bond donors (Lipinski definition) is 2. The van der Waals surface area contributed by atoms with Gasteiger partial charge >= 0.3 is 0 Å². The van der Waals surface area contributed by atoms with Gasteiger partial charge in [0.15, 0.2) is 9.84 Å². The molecule has 0 aromatic heterocycles. The van der Waals surface area contributed by atoms with Crippen LogP contribution >= 0.6 is 0 Å². The molecule has 1 aromatic carbocycles. The van der Waals surface area contributed by atoms with Crippen molar-refractivity contribution in [3.63, 3.8) is 0 Å². The van der Waals surface area contributed by atoms with E-state index < -0.39 is 9.84 Å². The molecule has 0 amide bonds. The summed E-state index contributed by atoms with van der Waals surface area (Å²) in [7, 11) is -3.11. The van der Waals surface area contributed by atoms with Crippen molar-refractivity contribution < 1.29 is 8.42 Å². The Morgan fingerprint density at radius 2 is 1.89 bits per heavy atom. The molecule has 0 radical (unpaired) electrons. The van der Waals surface area contributed by atoms with Crippen LogP contribution in [0.15, 0.2) is 29.2 Å². The predicted molar refractivity (Wildman–Crippen MR) is 73.7 cm³/mol. The Morgan fingerprint density at radius 3 is 2.33 bits per heavy atom. The van der Waals surface area contributed by atoms with Gasteiger partial charge in [-0.25, -0.2) is 8.42 Å². The molecule has 0 bridgehead atoms. The van der Waals surface area contributed by atoms with Crippen molar-refractivity contribution in [3.8, 4) is 0 Å². The largest absolute Gasteiger partial charge is 0.381 e. The number of rotatable bonds is 3. The fraction of sp³-hybridized carbons (Fsp3) is 0.538. The van der Waals surface area contributed by atoms with Gasteiger partial charge in [0.05, 0.1) is 4.90 Å². The summed E-state index contributed by atoms with van der Waals surface area (Å²) < 4.78 is 22.7. The molecule has 1 aliphatic rings. The molecule has 1 aromatic rings. The third kappa shape index (κ3) is 3.23. The first-order valence-electron chi connectivity index (χ1n) is 6.08. The predicted octanol–water partition coefficient (Wildman–Crippen LogP) is 1.64. The Bertz CT molecular complexity index is 520. The SMILES string of the molecule is CC1(C)CC(Nc2ccc(S(C)(=O)=O)cc2)CN1. The van der Waals surface area contributed by atoms with Crippen LogP contribution in [-0.4, -0.2) is 32.8 Å². The van der Waals surface area contributed by atoms with Crippen LogP contribution in [0, 0.1) is 0 Å². The van der Waals surface area contributed by atoms with E-state index in [-0.39, 0.29) is 5.54 Å². The Balaban J connectivity index is 2.04. The molecule has 0 aliphatic carbocycles. The fourth-order valence-corrected chi connectivity index (χ4v) is 2.93. The Morgan fingerprint density at radius 1 is 1.28 bits per heavy atom. The van der Waals surface area contributed by atoms with Crippen LogP contribution in [-0.2, 0) is 9.84 Å². The van der Waals surface area contributed by atoms with Crippen molar-refractivity contribution in [3.05, 3.63) is 24.3 Å². The molecule has 5 heteroatoms. The fourth-order valence-electron chi connectivity index (χ4n) is 2.30. The summed E-state index contributed by atoms with van der Waals surface area (Å²) in [4.78, 5) is 0.359. The van der Waals surface area contributed by atoms with Crippen LogP contribution in [0.1, 0.15) is 20.3 Å². The molecule has 18 heavy (non-hydrogen) atoms. The average Bonchev–Trinajstić information content (AvgIpc) is 2.57. The van der Waals surface area contributed by atoms with E-state index in [1.807, 2.05) is 12.1 Å². The molecule has 2 N–H and O–H groups in total. The van der Waals surface area contributed by atoms with Crippen LogP contribution in [0.5, 0.6) is 0 Å². The highest BCUT2D eigenvalue weighted by atomic mass is 32.2. The lowest BCUT2D eigenvalue weighted by molar-refractivity contribution is 0.457. The van der Waals surface area contributed by atoms with E-state index in [1.165, 1.54) is 6.26 Å². The van der Waals surface area contributed by atoms with E-state index in [4.69, 9.17) is 0 Å². The van der Waals surface area contributed by atoms with Crippen molar-refractivity contribution in [1.29, 1.82) is 0 Å². The van der Waals surface area contributed by atoms with Gasteiger partial charge in [-0.15, -0.1) is 0 Å². The van der Waals surface area contributed by atoms with Crippen molar-refractivity contribution >= 4 is 15.5 Å². The first kappa shape index (κ1) is 13.4. The van der Waals surface area contributed by atoms with Crippen LogP contribution in [0.4, 0.5) is 5.69 Å². The first-order valence-corrected chi connectivity index (χ1v) is 7.97. The molecule has 1 saturated heterocycles. The molecule has 2 rings (SSSR count). The summed E-state index contributed by atoms with van der Waals surface area (Å²) in [5.41, 5.74) is 1.14. The van der Waals surface area contributed by atoms with E-state index in [0.29, 0.717) is 10.9 Å². The first-order chi connectivity index (χ1) is 8.26. The van der Waals surface area contributed by atoms with Crippen LogP contribution in [0.2, 0.25) is 0 Å². The quantitative estimate of drug-likeness (QED) is 0.875. The molecule has 1 fully saturated rings. The highest BCUT2D eigenvalue weighted by Crippen LogP contribution is 2.22. The van der Waals surface area contributed by atoms with E-state index >= 15 is 0 Å². The van der Waals surface area contributed by atoms with Gasteiger partial charge in [-0.3, -0.25) is 0 Å². The molecule has 0 saturated carbocycles. The lowest BCUT2D eigenvalue weighted by Gasteiger charge is -2.18. The lowest BCUT2D eigenvalue weighted by Crippen LogP contribution is -2.31. The minimum Gasteiger partial charge on any atom is -0.381 e. The minimum atomic E-state index is -3.11. The second kappa shape index (κ2) is 4.55. The highest BCUT2D eigenvalue weighted by molar-refractivity contribution is 7.90. The monoisotopic (exact) mass is 268 g/mol. The van der Waals surface area contributed by atoms with E-state index in [0.717, 1.165) is 18.7 Å². The zero-order valence-corrected chi connectivity index (χ0v) is 11.8. The molecule has 1 heterocycles. The van der Waals surface area contributed by atoms with Gasteiger partial charge in [-0.1, -0.05) is 0 Å². The summed E-state index contributed by atoms with van der Waals surface area (Å²) >= 11 is 0. The maximum Gasteiger partial charge on any atom is 0.175 e. The summed E-state index contributed by atoms with van der Waals surface area (Å²) in [6.07, 6.45) is 2.28. The molecule has 0 spiro atoms. The second-order valence-corrected chi connectivity index (χ2v) is 7.62. The number of nitrogens with one attached hydrogen (secondary N) is 2. The normalized spacial score (nSPS) is 22.9. The van der Waals surface area contributed by atoms with Crippen molar-refractivity contribution in [2.45, 2.75) is 36.7 Å². The van der Waals surface area contributed by atoms with Gasteiger partial charge < -0.3 is 10.6 Å². The Hall–Kier alpha value is -1.07. The van der Waals surface area contributed by atoms with E-state index in [1.54, 1.807) is 12.1 Å². The number of anilines is 1. The highest BCUT2D eigenvalue weighted by Gasteiger charge is 2.29. The maximum absolute atomic E-state index is 11.3. The molecular formula is C13H20N2O2S. The third-order valence-corrected chi connectivity index (χ3v) is 4.37. The van der Waals surface area contributed by atoms with Gasteiger partial charge in [0.1, 0.15) is 0 Å². The van der Waals surface area contributed by atoms with Gasteiger partial charge in [0, 0.05) is 30.1 Å². The summed E-state index contributed by atoms with van der Waals surface area (Å²) in [5, 5.41) is 6.86. The average molecular weight is 268 g/mol. The Labute approximate surface area is 109 Å². The zero-order chi connectivity index (χ0) is 13.4. The maximum atomic E-state index is 11.3. The summed E-state index contributed by atoms with van der Waals surface area (Å²) in [6, 6.07) is 7.32. The summed E-state index contributed by atoms with van der Waals surface area (Å²) in [5.74, 6) is 0. The van der Waals surface area contributed by atoms with Crippen molar-refractivity contribution in [2.75, 3.05) is 18.1 Å². The molecule has 1 aliphatic heterocycles. The van der Waals surface area contributed by atoms with Gasteiger partial charge in [0.2, 0.25) is 0 Å². The van der Waals surface area contributed by atoms with Gasteiger partial charge in [0.25, 0.3) is 0 Å². The van der Waals surface area contributed by atoms with Crippen LogP contribution in [0.25, 0.3) is 0 Å². The molecular weight excluding hydrogens is 248 g/mol. The number of sulfone groups is 1. The second-order valence-electron chi connectivity index (χ2n) is 5.61. The lowest BCUT2D eigenvalue weighted by atomic mass is 10.0. The van der Waals surface area contributed by atoms with Gasteiger partial charge in [-0.05, 0) is 44.5 Å². The van der Waals surface area contributed by atoms with Crippen LogP contribution in [0.3, 0.4) is 0 Å². The molecule has 100 valence electrons. The van der Waals surface area contributed by atoms with E-state index in [2.05, 4.69) is 24.5 Å². The summed E-state index contributed by atoms with van der Waals surface area (Å²) in [6.45, 7) is 5.30. The molecule has 4 nitrogen and oxygen atoms in total. The van der Waals surface area contributed by atoms with Crippen LogP contribution < -0.4 is 10.6 Å². The van der Waals surface area contributed by atoms with Gasteiger partial charge in [-0.2, -0.15) is 0 Å². The molecule has 1 unspecified atom stereocenters. The van der Waals surface area contributed by atoms with Crippen molar-refractivity contribution in [1.82, 2.24) is 5.32 Å². The van der Waals surface area contributed by atoms with E-state index in [9.17, 15) is 8.42 Å². The standard InChI is InChI=1S/C13H20N2O2S/c1-13(2)8-11(9-14-13)15-10-4-6-12(7-5-10)18(3,16)17/h4-7,11,14-15H,8-9H2,1-3H3. The topological polar surface area (TPSA) is 58.2 Å². The number of benzene rings is 1. The smallest absolute Gasteiger partial charge is 0.175 e. The zero-order valence-electron chi connectivity index (χ0n) is 11.0. The Kier molecular flexibility index (Phi) is 3.38. The molecule has 1 atom stereocenters. The minimum absolute atomic E-state index is 0.171.